The monoisotopic (exact) mass is 404 g/mol. The number of aryl methyl sites for hydroxylation is 1. The van der Waals surface area contributed by atoms with Crippen molar-refractivity contribution in [2.45, 2.75) is 56.2 Å². The quantitative estimate of drug-likeness (QED) is 0.625. The van der Waals surface area contributed by atoms with Gasteiger partial charge in [0, 0.05) is 5.02 Å². The summed E-state index contributed by atoms with van der Waals surface area (Å²) in [6.07, 6.45) is -1.88. The zero-order valence-electron chi connectivity index (χ0n) is 15.5. The van der Waals surface area contributed by atoms with Crippen LogP contribution in [0, 0.1) is 0 Å². The minimum absolute atomic E-state index is 0.427. The highest BCUT2D eigenvalue weighted by Gasteiger charge is 2.44. The number of fused-ring (bicyclic) bond motifs is 1. The van der Waals surface area contributed by atoms with Crippen LogP contribution in [0.2, 0.25) is 5.02 Å². The number of rotatable bonds is 4. The first kappa shape index (κ1) is 19.8. The summed E-state index contributed by atoms with van der Waals surface area (Å²) in [5.41, 5.74) is 5.65. The second kappa shape index (κ2) is 8.11. The summed E-state index contributed by atoms with van der Waals surface area (Å²) in [4.78, 5) is 0. The van der Waals surface area contributed by atoms with E-state index in [2.05, 4.69) is 0 Å². The van der Waals surface area contributed by atoms with Crippen molar-refractivity contribution in [3.8, 4) is 0 Å². The molecule has 2 aromatic carbocycles. The maximum atomic E-state index is 10.5. The van der Waals surface area contributed by atoms with Crippen molar-refractivity contribution in [1.82, 2.24) is 0 Å². The second-order valence-electron chi connectivity index (χ2n) is 7.72. The number of benzene rings is 2. The molecule has 1 heterocycles. The second-order valence-corrected chi connectivity index (χ2v) is 8.16. The van der Waals surface area contributed by atoms with Gasteiger partial charge in [-0.1, -0.05) is 35.9 Å². The van der Waals surface area contributed by atoms with E-state index in [1.54, 1.807) is 0 Å². The Morgan fingerprint density at radius 3 is 2.43 bits per heavy atom. The molecule has 1 aliphatic carbocycles. The Balaban J connectivity index is 1.69. The zero-order valence-corrected chi connectivity index (χ0v) is 16.2. The van der Waals surface area contributed by atoms with E-state index in [1.165, 1.54) is 16.7 Å². The first-order valence-electron chi connectivity index (χ1n) is 9.67. The number of hydrogen-bond donors (Lipinski definition) is 4. The van der Waals surface area contributed by atoms with Crippen molar-refractivity contribution < 1.29 is 25.2 Å². The van der Waals surface area contributed by atoms with E-state index in [1.807, 2.05) is 36.4 Å². The number of halogens is 1. The molecule has 5 atom stereocenters. The van der Waals surface area contributed by atoms with Crippen LogP contribution in [0.25, 0.3) is 0 Å². The van der Waals surface area contributed by atoms with Crippen LogP contribution in [0.4, 0.5) is 0 Å². The van der Waals surface area contributed by atoms with Gasteiger partial charge in [-0.3, -0.25) is 0 Å². The van der Waals surface area contributed by atoms with Gasteiger partial charge in [0.05, 0.1) is 6.61 Å². The summed E-state index contributed by atoms with van der Waals surface area (Å²) in [6, 6.07) is 11.8. The molecule has 0 bridgehead atoms. The highest BCUT2D eigenvalue weighted by atomic mass is 35.5. The van der Waals surface area contributed by atoms with Crippen LogP contribution < -0.4 is 0 Å². The molecule has 0 radical (unpaired) electrons. The average molecular weight is 405 g/mol. The molecular formula is C22H25ClO5. The first-order valence-corrected chi connectivity index (χ1v) is 10.0. The number of aliphatic hydroxyl groups is 4. The van der Waals surface area contributed by atoms with Crippen molar-refractivity contribution in [3.05, 3.63) is 69.2 Å². The van der Waals surface area contributed by atoms with Crippen molar-refractivity contribution in [3.63, 3.8) is 0 Å². The van der Waals surface area contributed by atoms with E-state index in [0.29, 0.717) is 5.02 Å². The lowest BCUT2D eigenvalue weighted by atomic mass is 9.87. The van der Waals surface area contributed by atoms with Gasteiger partial charge in [-0.05, 0) is 65.6 Å². The third-order valence-corrected chi connectivity index (χ3v) is 6.11. The van der Waals surface area contributed by atoms with Crippen LogP contribution in [-0.2, 0) is 24.0 Å². The van der Waals surface area contributed by atoms with Crippen LogP contribution in [0.15, 0.2) is 36.4 Å². The highest BCUT2D eigenvalue weighted by Crippen LogP contribution is 2.37. The smallest absolute Gasteiger partial charge is 0.113 e. The van der Waals surface area contributed by atoms with Gasteiger partial charge < -0.3 is 25.2 Å². The molecule has 1 aliphatic heterocycles. The Hall–Kier alpha value is -1.47. The van der Waals surface area contributed by atoms with E-state index in [0.717, 1.165) is 36.8 Å². The fraction of sp³-hybridized carbons (Fsp3) is 0.455. The Kier molecular flexibility index (Phi) is 5.74. The molecule has 0 unspecified atom stereocenters. The summed E-state index contributed by atoms with van der Waals surface area (Å²) in [5, 5.41) is 40.9. The molecule has 5 nitrogen and oxygen atoms in total. The van der Waals surface area contributed by atoms with E-state index in [9.17, 15) is 20.4 Å². The van der Waals surface area contributed by atoms with Crippen molar-refractivity contribution in [1.29, 1.82) is 0 Å². The lowest BCUT2D eigenvalue weighted by Crippen LogP contribution is -2.55. The molecule has 0 saturated carbocycles. The van der Waals surface area contributed by atoms with E-state index in [4.69, 9.17) is 16.3 Å². The Morgan fingerprint density at radius 1 is 0.964 bits per heavy atom. The standard InChI is InChI=1S/C22H25ClO5/c23-16-6-4-12(5-7-16)8-14-10-15(9-13-2-1-3-17(13)14)22-21(27)20(26)19(25)18(11-24)28-22/h4-7,9-10,18-22,24-27H,1-3,8,11H2/t18-,19-,20+,21-,22+/m1/s1. The van der Waals surface area contributed by atoms with Gasteiger partial charge in [0.15, 0.2) is 0 Å². The van der Waals surface area contributed by atoms with Gasteiger partial charge in [-0.2, -0.15) is 0 Å². The van der Waals surface area contributed by atoms with Gasteiger partial charge in [-0.15, -0.1) is 0 Å². The van der Waals surface area contributed by atoms with E-state index >= 15 is 0 Å². The summed E-state index contributed by atoms with van der Waals surface area (Å²) < 4.78 is 5.77. The zero-order chi connectivity index (χ0) is 19.8. The first-order chi connectivity index (χ1) is 13.5. The highest BCUT2D eigenvalue weighted by molar-refractivity contribution is 6.30. The minimum Gasteiger partial charge on any atom is -0.394 e. The Labute approximate surface area is 169 Å². The predicted octanol–water partition coefficient (Wildman–Crippen LogP) is 1.93. The third-order valence-electron chi connectivity index (χ3n) is 5.86. The molecule has 4 N–H and O–H groups in total. The SMILES string of the molecule is OC[C@H]1O[C@@H](c2cc3c(c(Cc4ccc(Cl)cc4)c2)CCC3)[C@H](O)[C@@H](O)[C@@H]1O. The van der Waals surface area contributed by atoms with Crippen LogP contribution in [0.3, 0.4) is 0 Å². The molecule has 0 amide bonds. The lowest BCUT2D eigenvalue weighted by Gasteiger charge is -2.40. The van der Waals surface area contributed by atoms with Crippen LogP contribution in [0.1, 0.15) is 40.3 Å². The largest absolute Gasteiger partial charge is 0.394 e. The number of ether oxygens (including phenoxy) is 1. The maximum Gasteiger partial charge on any atom is 0.113 e. The van der Waals surface area contributed by atoms with E-state index < -0.39 is 37.1 Å². The van der Waals surface area contributed by atoms with Crippen molar-refractivity contribution in [2.75, 3.05) is 6.61 Å². The molecule has 150 valence electrons. The average Bonchev–Trinajstić information content (AvgIpc) is 3.17. The summed E-state index contributed by atoms with van der Waals surface area (Å²) in [7, 11) is 0. The fourth-order valence-electron chi connectivity index (χ4n) is 4.35. The normalized spacial score (nSPS) is 29.7. The summed E-state index contributed by atoms with van der Waals surface area (Å²) >= 11 is 6.00. The van der Waals surface area contributed by atoms with Crippen molar-refractivity contribution in [2.24, 2.45) is 0 Å². The van der Waals surface area contributed by atoms with Gasteiger partial charge in [-0.25, -0.2) is 0 Å². The van der Waals surface area contributed by atoms with Crippen LogP contribution in [0.5, 0.6) is 0 Å². The molecule has 1 fully saturated rings. The van der Waals surface area contributed by atoms with Crippen LogP contribution >= 0.6 is 11.6 Å². The third kappa shape index (κ3) is 3.71. The molecule has 28 heavy (non-hydrogen) atoms. The minimum atomic E-state index is -1.37. The van der Waals surface area contributed by atoms with Gasteiger partial charge in [0.25, 0.3) is 0 Å². The molecule has 2 aliphatic rings. The Morgan fingerprint density at radius 2 is 1.71 bits per heavy atom. The van der Waals surface area contributed by atoms with Crippen LogP contribution in [-0.4, -0.2) is 51.4 Å². The molecule has 0 aromatic heterocycles. The summed E-state index contributed by atoms with van der Waals surface area (Å²) in [6.45, 7) is -0.427. The molecule has 2 aromatic rings. The molecule has 4 rings (SSSR count). The summed E-state index contributed by atoms with van der Waals surface area (Å²) in [5.74, 6) is 0. The fourth-order valence-corrected chi connectivity index (χ4v) is 4.47. The maximum absolute atomic E-state index is 10.5. The number of aliphatic hydroxyl groups excluding tert-OH is 4. The van der Waals surface area contributed by atoms with Crippen molar-refractivity contribution >= 4 is 11.6 Å². The van der Waals surface area contributed by atoms with Gasteiger partial charge in [0.1, 0.15) is 30.5 Å². The Bertz CT molecular complexity index is 836. The topological polar surface area (TPSA) is 90.2 Å². The van der Waals surface area contributed by atoms with E-state index in [-0.39, 0.29) is 0 Å². The predicted molar refractivity (Wildman–Crippen MR) is 105 cm³/mol. The molecule has 1 saturated heterocycles. The van der Waals surface area contributed by atoms with Gasteiger partial charge >= 0.3 is 0 Å². The molecule has 0 spiro atoms. The molecule has 6 heteroatoms. The lowest BCUT2D eigenvalue weighted by molar-refractivity contribution is -0.231. The molecular weight excluding hydrogens is 380 g/mol. The van der Waals surface area contributed by atoms with Gasteiger partial charge in [0.2, 0.25) is 0 Å². The number of hydrogen-bond acceptors (Lipinski definition) is 5.